The molecule has 1 fully saturated rings. The van der Waals surface area contributed by atoms with E-state index in [1.807, 2.05) is 31.2 Å². The second-order valence-corrected chi connectivity index (χ2v) is 10.3. The van der Waals surface area contributed by atoms with Gasteiger partial charge in [-0.25, -0.2) is 4.98 Å². The van der Waals surface area contributed by atoms with Crippen molar-refractivity contribution in [2.24, 2.45) is 0 Å². The van der Waals surface area contributed by atoms with E-state index in [4.69, 9.17) is 8.92 Å². The number of rotatable bonds is 8. The fourth-order valence-electron chi connectivity index (χ4n) is 3.95. The van der Waals surface area contributed by atoms with E-state index in [0.717, 1.165) is 44.7 Å². The monoisotopic (exact) mass is 523 g/mol. The van der Waals surface area contributed by atoms with Crippen LogP contribution in [0.2, 0.25) is 0 Å². The third kappa shape index (κ3) is 7.05. The number of aromatic hydroxyl groups is 1. The molecule has 194 valence electrons. The quantitative estimate of drug-likeness (QED) is 0.341. The lowest BCUT2D eigenvalue weighted by molar-refractivity contribution is 0.0342. The van der Waals surface area contributed by atoms with Gasteiger partial charge in [0.1, 0.15) is 11.4 Å². The molecule has 37 heavy (non-hydrogen) atoms. The molecule has 0 radical (unpaired) electrons. The molecular formula is C27H29N3O6S. The molecule has 0 spiro atoms. The molecule has 1 saturated heterocycles. The highest BCUT2D eigenvalue weighted by Gasteiger charge is 2.21. The fraction of sp³-hybridized carbons (Fsp3) is 0.333. The Kier molecular flexibility index (Phi) is 8.74. The maximum absolute atomic E-state index is 12.7. The lowest BCUT2D eigenvalue weighted by Crippen LogP contribution is -2.35. The summed E-state index contributed by atoms with van der Waals surface area (Å²) in [6.45, 7) is 6.00. The minimum Gasteiger partial charge on any atom is -0.502 e. The topological polar surface area (TPSA) is 122 Å². The van der Waals surface area contributed by atoms with Crippen molar-refractivity contribution in [3.8, 4) is 28.8 Å². The average molecular weight is 524 g/mol. The van der Waals surface area contributed by atoms with Gasteiger partial charge in [-0.3, -0.25) is 13.9 Å². The molecule has 1 aromatic heterocycles. The summed E-state index contributed by atoms with van der Waals surface area (Å²) in [6.07, 6.45) is 1.69. The highest BCUT2D eigenvalue weighted by molar-refractivity contribution is 7.85. The Morgan fingerprint density at radius 1 is 1.14 bits per heavy atom. The number of benzene rings is 2. The number of nitrogens with one attached hydrogen (secondary N) is 1. The smallest absolute Gasteiger partial charge is 0.293 e. The van der Waals surface area contributed by atoms with E-state index >= 15 is 0 Å². The van der Waals surface area contributed by atoms with Gasteiger partial charge in [-0.2, -0.15) is 8.42 Å². The molecule has 0 atom stereocenters. The minimum absolute atomic E-state index is 0.0273. The van der Waals surface area contributed by atoms with Crippen molar-refractivity contribution in [2.75, 3.05) is 32.9 Å². The zero-order valence-electron chi connectivity index (χ0n) is 20.6. The predicted molar refractivity (Wildman–Crippen MR) is 139 cm³/mol. The number of aromatic amines is 1. The van der Waals surface area contributed by atoms with Gasteiger partial charge in [-0.15, -0.1) is 0 Å². The van der Waals surface area contributed by atoms with E-state index in [-0.39, 0.29) is 12.3 Å². The average Bonchev–Trinajstić information content (AvgIpc) is 2.90. The Morgan fingerprint density at radius 2 is 1.89 bits per heavy atom. The molecule has 9 nitrogen and oxygen atoms in total. The van der Waals surface area contributed by atoms with Crippen LogP contribution in [0.4, 0.5) is 0 Å². The van der Waals surface area contributed by atoms with Gasteiger partial charge in [0.15, 0.2) is 0 Å². The van der Waals surface area contributed by atoms with Gasteiger partial charge in [0.2, 0.25) is 5.75 Å². The molecule has 0 amide bonds. The van der Waals surface area contributed by atoms with Gasteiger partial charge in [-0.05, 0) is 35.7 Å². The number of hydrogen-bond donors (Lipinski definition) is 2. The van der Waals surface area contributed by atoms with Crippen LogP contribution in [0, 0.1) is 11.8 Å². The van der Waals surface area contributed by atoms with Crippen molar-refractivity contribution in [1.29, 1.82) is 0 Å². The first-order chi connectivity index (χ1) is 17.9. The Balaban J connectivity index is 1.67. The Hall–Kier alpha value is -3.49. The van der Waals surface area contributed by atoms with E-state index < -0.39 is 27.2 Å². The molecule has 3 aromatic rings. The summed E-state index contributed by atoms with van der Waals surface area (Å²) in [6, 6.07) is 12.9. The standard InChI is InChI=1S/C27H29N3O6S/c1-2-14-36-37(33,34)18-24-22(4-3-5-23(24)25-26(31)27(32)29-19-28-25)11-10-20-6-8-21(9-7-20)17-30-12-15-35-16-13-30/h3-9,19,31H,2,12-18H2,1H3,(H,28,29,32). The molecule has 0 bridgehead atoms. The van der Waals surface area contributed by atoms with Crippen molar-refractivity contribution in [3.63, 3.8) is 0 Å². The normalized spacial score (nSPS) is 14.2. The first-order valence-corrected chi connectivity index (χ1v) is 13.6. The van der Waals surface area contributed by atoms with E-state index in [1.165, 1.54) is 5.56 Å². The lowest BCUT2D eigenvalue weighted by atomic mass is 9.99. The molecular weight excluding hydrogens is 494 g/mol. The summed E-state index contributed by atoms with van der Waals surface area (Å²) in [7, 11) is -3.95. The summed E-state index contributed by atoms with van der Waals surface area (Å²) in [5, 5.41) is 10.3. The Bertz CT molecular complexity index is 1450. The van der Waals surface area contributed by atoms with Crippen LogP contribution in [0.5, 0.6) is 5.75 Å². The molecule has 4 rings (SSSR count). The van der Waals surface area contributed by atoms with Gasteiger partial charge in [0.25, 0.3) is 15.7 Å². The largest absolute Gasteiger partial charge is 0.502 e. The molecule has 1 aliphatic heterocycles. The molecule has 2 heterocycles. The maximum Gasteiger partial charge on any atom is 0.293 e. The van der Waals surface area contributed by atoms with Gasteiger partial charge in [0.05, 0.1) is 26.1 Å². The van der Waals surface area contributed by atoms with Crippen molar-refractivity contribution < 1.29 is 22.4 Å². The Labute approximate surface area is 216 Å². The van der Waals surface area contributed by atoms with Crippen LogP contribution in [0.15, 0.2) is 53.6 Å². The predicted octanol–water partition coefficient (Wildman–Crippen LogP) is 2.63. The molecule has 0 unspecified atom stereocenters. The maximum atomic E-state index is 12.7. The summed E-state index contributed by atoms with van der Waals surface area (Å²) >= 11 is 0. The van der Waals surface area contributed by atoms with Crippen LogP contribution in [0.1, 0.15) is 35.6 Å². The molecule has 2 N–H and O–H groups in total. The molecule has 0 saturated carbocycles. The summed E-state index contributed by atoms with van der Waals surface area (Å²) in [4.78, 5) is 20.7. The third-order valence-corrected chi connectivity index (χ3v) is 7.02. The Morgan fingerprint density at radius 3 is 2.62 bits per heavy atom. The van der Waals surface area contributed by atoms with Crippen LogP contribution in [-0.2, 0) is 31.3 Å². The van der Waals surface area contributed by atoms with Crippen molar-refractivity contribution >= 4 is 10.1 Å². The first-order valence-electron chi connectivity index (χ1n) is 12.0. The molecule has 2 aromatic carbocycles. The van der Waals surface area contributed by atoms with Crippen LogP contribution in [0.25, 0.3) is 11.3 Å². The molecule has 10 heteroatoms. The highest BCUT2D eigenvalue weighted by Crippen LogP contribution is 2.30. The van der Waals surface area contributed by atoms with Gasteiger partial charge >= 0.3 is 0 Å². The van der Waals surface area contributed by atoms with Gasteiger partial charge in [-0.1, -0.05) is 43.0 Å². The van der Waals surface area contributed by atoms with Gasteiger partial charge < -0.3 is 14.8 Å². The highest BCUT2D eigenvalue weighted by atomic mass is 32.2. The van der Waals surface area contributed by atoms with Crippen LogP contribution in [0.3, 0.4) is 0 Å². The number of ether oxygens (including phenoxy) is 1. The molecule has 0 aliphatic carbocycles. The number of H-pyrrole nitrogens is 1. The number of nitrogens with zero attached hydrogens (tertiary/aromatic N) is 2. The summed E-state index contributed by atoms with van der Waals surface area (Å²) < 4.78 is 35.9. The molecule has 1 aliphatic rings. The van der Waals surface area contributed by atoms with Crippen molar-refractivity contribution in [1.82, 2.24) is 14.9 Å². The first kappa shape index (κ1) is 26.6. The second kappa shape index (κ2) is 12.2. The zero-order chi connectivity index (χ0) is 26.3. The number of morpholine rings is 1. The summed E-state index contributed by atoms with van der Waals surface area (Å²) in [5.41, 5.74) is 2.20. The van der Waals surface area contributed by atoms with Crippen molar-refractivity contribution in [3.05, 3.63) is 81.4 Å². The van der Waals surface area contributed by atoms with Crippen LogP contribution >= 0.6 is 0 Å². The van der Waals surface area contributed by atoms with E-state index in [2.05, 4.69) is 26.7 Å². The third-order valence-electron chi connectivity index (χ3n) is 5.85. The van der Waals surface area contributed by atoms with E-state index in [9.17, 15) is 18.3 Å². The number of aromatic nitrogens is 2. The van der Waals surface area contributed by atoms with Gasteiger partial charge in [0, 0.05) is 36.3 Å². The number of hydrogen-bond acceptors (Lipinski definition) is 8. The van der Waals surface area contributed by atoms with Crippen LogP contribution in [-0.4, -0.2) is 61.3 Å². The van der Waals surface area contributed by atoms with Crippen molar-refractivity contribution in [2.45, 2.75) is 25.6 Å². The second-order valence-electron chi connectivity index (χ2n) is 8.62. The van der Waals surface area contributed by atoms with E-state index in [0.29, 0.717) is 23.1 Å². The SMILES string of the molecule is CCCOS(=O)(=O)Cc1c(C#Cc2ccc(CN3CCOCC3)cc2)cccc1-c1nc[nH]c(=O)c1O. The van der Waals surface area contributed by atoms with E-state index in [1.54, 1.807) is 18.2 Å². The van der Waals surface area contributed by atoms with Crippen LogP contribution < -0.4 is 5.56 Å². The lowest BCUT2D eigenvalue weighted by Gasteiger charge is -2.26. The minimum atomic E-state index is -3.95. The fourth-order valence-corrected chi connectivity index (χ4v) is 5.12. The zero-order valence-corrected chi connectivity index (χ0v) is 21.4. The summed E-state index contributed by atoms with van der Waals surface area (Å²) in [5.74, 6) is 5.07.